The molecule has 0 fully saturated rings. The zero-order valence-electron chi connectivity index (χ0n) is 11.0. The van der Waals surface area contributed by atoms with Gasteiger partial charge in [0.25, 0.3) is 0 Å². The second kappa shape index (κ2) is 6.93. The summed E-state index contributed by atoms with van der Waals surface area (Å²) in [6, 6.07) is 2.42. The Balaban J connectivity index is 2.67. The number of urea groups is 1. The number of aliphatic hydroxyl groups excluding tert-OH is 1. The average molecular weight is 305 g/mol. The molecule has 116 valence electrons. The van der Waals surface area contributed by atoms with Gasteiger partial charge in [-0.3, -0.25) is 10.2 Å². The molecule has 6 nitrogen and oxygen atoms in total. The van der Waals surface area contributed by atoms with E-state index in [1.54, 1.807) is 0 Å². The SMILES string of the molecule is Cc1ccc(NC(=O)NNC(=O)CCO)cc1C(F)(F)F. The Kier molecular flexibility index (Phi) is 5.53. The van der Waals surface area contributed by atoms with Gasteiger partial charge in [0.1, 0.15) is 0 Å². The van der Waals surface area contributed by atoms with Gasteiger partial charge in [-0.25, -0.2) is 10.2 Å². The molecule has 0 aliphatic carbocycles. The minimum absolute atomic E-state index is 0.0321. The lowest BCUT2D eigenvalue weighted by Gasteiger charge is -2.13. The van der Waals surface area contributed by atoms with E-state index >= 15 is 0 Å². The summed E-state index contributed by atoms with van der Waals surface area (Å²) < 4.78 is 38.1. The van der Waals surface area contributed by atoms with Crippen molar-refractivity contribution in [1.82, 2.24) is 10.9 Å². The first-order valence-corrected chi connectivity index (χ1v) is 5.88. The van der Waals surface area contributed by atoms with Crippen molar-refractivity contribution in [1.29, 1.82) is 0 Å². The number of halogens is 3. The quantitative estimate of drug-likeness (QED) is 0.639. The fourth-order valence-corrected chi connectivity index (χ4v) is 1.46. The van der Waals surface area contributed by atoms with Crippen molar-refractivity contribution >= 4 is 17.6 Å². The van der Waals surface area contributed by atoms with E-state index in [1.165, 1.54) is 19.1 Å². The first-order valence-electron chi connectivity index (χ1n) is 5.88. The molecule has 0 aliphatic rings. The lowest BCUT2D eigenvalue weighted by Crippen LogP contribution is -2.44. The second-order valence-corrected chi connectivity index (χ2v) is 4.13. The highest BCUT2D eigenvalue weighted by molar-refractivity contribution is 5.91. The summed E-state index contributed by atoms with van der Waals surface area (Å²) in [5, 5.41) is 10.6. The third-order valence-electron chi connectivity index (χ3n) is 2.46. The predicted octanol–water partition coefficient (Wildman–Crippen LogP) is 1.55. The van der Waals surface area contributed by atoms with Crippen LogP contribution in [-0.4, -0.2) is 23.7 Å². The highest BCUT2D eigenvalue weighted by atomic mass is 19.4. The van der Waals surface area contributed by atoms with Crippen molar-refractivity contribution in [2.24, 2.45) is 0 Å². The highest BCUT2D eigenvalue weighted by Gasteiger charge is 2.32. The monoisotopic (exact) mass is 305 g/mol. The van der Waals surface area contributed by atoms with Gasteiger partial charge in [-0.15, -0.1) is 0 Å². The largest absolute Gasteiger partial charge is 0.416 e. The summed E-state index contributed by atoms with van der Waals surface area (Å²) in [6.45, 7) is 0.920. The Hall–Kier alpha value is -2.29. The van der Waals surface area contributed by atoms with E-state index in [2.05, 4.69) is 5.32 Å². The number of amides is 3. The van der Waals surface area contributed by atoms with Crippen LogP contribution in [0.5, 0.6) is 0 Å². The van der Waals surface area contributed by atoms with Crippen LogP contribution in [-0.2, 0) is 11.0 Å². The van der Waals surface area contributed by atoms with E-state index in [1.807, 2.05) is 10.9 Å². The number of nitrogens with one attached hydrogen (secondary N) is 3. The van der Waals surface area contributed by atoms with Crippen molar-refractivity contribution in [3.63, 3.8) is 0 Å². The first-order chi connectivity index (χ1) is 9.74. The van der Waals surface area contributed by atoms with Gasteiger partial charge in [0.05, 0.1) is 18.6 Å². The molecule has 0 aromatic heterocycles. The Morgan fingerprint density at radius 2 is 1.90 bits per heavy atom. The molecule has 1 aromatic carbocycles. The van der Waals surface area contributed by atoms with Crippen molar-refractivity contribution in [2.75, 3.05) is 11.9 Å². The number of hydrogen-bond acceptors (Lipinski definition) is 3. The summed E-state index contributed by atoms with van der Waals surface area (Å²) in [7, 11) is 0. The molecule has 0 spiro atoms. The van der Waals surface area contributed by atoms with Crippen LogP contribution in [0.25, 0.3) is 0 Å². The van der Waals surface area contributed by atoms with Crippen LogP contribution < -0.4 is 16.2 Å². The number of carbonyl (C=O) groups is 2. The van der Waals surface area contributed by atoms with E-state index < -0.39 is 23.7 Å². The van der Waals surface area contributed by atoms with Gasteiger partial charge in [0, 0.05) is 5.69 Å². The molecule has 0 aliphatic heterocycles. The Morgan fingerprint density at radius 1 is 1.24 bits per heavy atom. The van der Waals surface area contributed by atoms with Crippen LogP contribution in [0.4, 0.5) is 23.7 Å². The number of hydrogen-bond donors (Lipinski definition) is 4. The van der Waals surface area contributed by atoms with Gasteiger partial charge >= 0.3 is 12.2 Å². The summed E-state index contributed by atoms with van der Waals surface area (Å²) in [4.78, 5) is 22.4. The molecule has 9 heteroatoms. The predicted molar refractivity (Wildman–Crippen MR) is 68.2 cm³/mol. The molecule has 0 saturated carbocycles. The van der Waals surface area contributed by atoms with E-state index in [4.69, 9.17) is 5.11 Å². The maximum Gasteiger partial charge on any atom is 0.416 e. The molecule has 0 radical (unpaired) electrons. The summed E-state index contributed by atoms with van der Waals surface area (Å²) in [5.41, 5.74) is 3.03. The Labute approximate surface area is 118 Å². The lowest BCUT2D eigenvalue weighted by molar-refractivity contribution is -0.138. The number of aliphatic hydroxyl groups is 1. The molecule has 0 unspecified atom stereocenters. The molecule has 3 amide bonds. The summed E-state index contributed by atoms with van der Waals surface area (Å²) >= 11 is 0. The van der Waals surface area contributed by atoms with Crippen LogP contribution in [0.3, 0.4) is 0 Å². The van der Waals surface area contributed by atoms with Gasteiger partial charge in [0.15, 0.2) is 0 Å². The van der Waals surface area contributed by atoms with Crippen molar-refractivity contribution in [3.8, 4) is 0 Å². The normalized spacial score (nSPS) is 10.9. The zero-order valence-corrected chi connectivity index (χ0v) is 11.0. The van der Waals surface area contributed by atoms with E-state index in [-0.39, 0.29) is 24.3 Å². The summed E-state index contributed by atoms with van der Waals surface area (Å²) in [6.07, 6.45) is -4.73. The van der Waals surface area contributed by atoms with Gasteiger partial charge in [-0.2, -0.15) is 13.2 Å². The van der Waals surface area contributed by atoms with Gasteiger partial charge in [-0.1, -0.05) is 6.07 Å². The third kappa shape index (κ3) is 5.30. The van der Waals surface area contributed by atoms with Gasteiger partial charge < -0.3 is 10.4 Å². The Morgan fingerprint density at radius 3 is 2.48 bits per heavy atom. The van der Waals surface area contributed by atoms with E-state index in [0.717, 1.165) is 6.07 Å². The topological polar surface area (TPSA) is 90.5 Å². The smallest absolute Gasteiger partial charge is 0.396 e. The molecule has 4 N–H and O–H groups in total. The van der Waals surface area contributed by atoms with Crippen LogP contribution >= 0.6 is 0 Å². The van der Waals surface area contributed by atoms with E-state index in [0.29, 0.717) is 0 Å². The zero-order chi connectivity index (χ0) is 16.0. The number of aryl methyl sites for hydroxylation is 1. The molecule has 1 rings (SSSR count). The van der Waals surface area contributed by atoms with Crippen LogP contribution in [0.1, 0.15) is 17.5 Å². The number of rotatable bonds is 3. The molecular weight excluding hydrogens is 291 g/mol. The minimum atomic E-state index is -4.52. The maximum atomic E-state index is 12.7. The van der Waals surface area contributed by atoms with Gasteiger partial charge in [-0.05, 0) is 24.6 Å². The fourth-order valence-electron chi connectivity index (χ4n) is 1.46. The van der Waals surface area contributed by atoms with Crippen molar-refractivity contribution in [2.45, 2.75) is 19.5 Å². The first kappa shape index (κ1) is 16.8. The molecule has 1 aromatic rings. The van der Waals surface area contributed by atoms with Crippen molar-refractivity contribution < 1.29 is 27.9 Å². The number of benzene rings is 1. The maximum absolute atomic E-state index is 12.7. The molecule has 21 heavy (non-hydrogen) atoms. The van der Waals surface area contributed by atoms with Crippen LogP contribution in [0.15, 0.2) is 18.2 Å². The standard InChI is InChI=1S/C12H14F3N3O3/c1-7-2-3-8(6-9(7)12(13,14)15)16-11(21)18-17-10(20)4-5-19/h2-3,6,19H,4-5H2,1H3,(H,17,20)(H2,16,18,21). The third-order valence-corrected chi connectivity index (χ3v) is 2.46. The van der Waals surface area contributed by atoms with Crippen molar-refractivity contribution in [3.05, 3.63) is 29.3 Å². The molecular formula is C12H14F3N3O3. The highest BCUT2D eigenvalue weighted by Crippen LogP contribution is 2.33. The average Bonchev–Trinajstić information content (AvgIpc) is 2.38. The van der Waals surface area contributed by atoms with Gasteiger partial charge in [0.2, 0.25) is 5.91 Å². The number of carbonyl (C=O) groups excluding carboxylic acids is 2. The molecule has 0 saturated heterocycles. The number of anilines is 1. The molecule has 0 bridgehead atoms. The van der Waals surface area contributed by atoms with E-state index in [9.17, 15) is 22.8 Å². The molecule has 0 atom stereocenters. The second-order valence-electron chi connectivity index (χ2n) is 4.13. The minimum Gasteiger partial charge on any atom is -0.396 e. The molecule has 0 heterocycles. The Bertz CT molecular complexity index is 532. The van der Waals surface area contributed by atoms with Crippen LogP contribution in [0.2, 0.25) is 0 Å². The van der Waals surface area contributed by atoms with Crippen LogP contribution in [0, 0.1) is 6.92 Å². The number of alkyl halides is 3. The number of hydrazine groups is 1. The summed E-state index contributed by atoms with van der Waals surface area (Å²) in [5.74, 6) is -0.632. The fraction of sp³-hybridized carbons (Fsp3) is 0.333. The lowest BCUT2D eigenvalue weighted by atomic mass is 10.1.